The van der Waals surface area contributed by atoms with Gasteiger partial charge in [-0.25, -0.2) is 9.59 Å². The van der Waals surface area contributed by atoms with Crippen molar-refractivity contribution in [2.24, 2.45) is 0 Å². The van der Waals surface area contributed by atoms with Crippen LogP contribution < -0.4 is 10.4 Å². The van der Waals surface area contributed by atoms with Crippen LogP contribution in [0.25, 0.3) is 11.1 Å². The third kappa shape index (κ3) is 4.68. The molecule has 0 spiro atoms. The van der Waals surface area contributed by atoms with Crippen LogP contribution in [0.15, 0.2) is 60.7 Å². The number of amides is 1. The fourth-order valence-corrected chi connectivity index (χ4v) is 5.37. The van der Waals surface area contributed by atoms with Gasteiger partial charge in [0.2, 0.25) is 0 Å². The largest absolute Gasteiger partial charge is 0.488 e. The first-order valence-electron chi connectivity index (χ1n) is 12.3. The topological polar surface area (TPSA) is 99.5 Å². The lowest BCUT2D eigenvalue weighted by Gasteiger charge is -2.37. The molecule has 9 heteroatoms. The Morgan fingerprint density at radius 3 is 2.11 bits per heavy atom. The first-order chi connectivity index (χ1) is 17.9. The first kappa shape index (κ1) is 24.9. The van der Waals surface area contributed by atoms with E-state index in [0.717, 1.165) is 0 Å². The molecule has 3 aromatic carbocycles. The van der Waals surface area contributed by atoms with E-state index in [1.54, 1.807) is 17.9 Å². The van der Waals surface area contributed by atoms with Crippen LogP contribution in [0.1, 0.15) is 33.0 Å². The molecule has 0 atom stereocenters. The highest BCUT2D eigenvalue weighted by Gasteiger charge is 2.31. The normalized spacial score (nSPS) is 14.7. The number of carbonyl (C=O) groups excluding carboxylic acids is 2. The Bertz CT molecular complexity index is 1290. The van der Waals surface area contributed by atoms with Gasteiger partial charge in [-0.05, 0) is 52.3 Å². The molecule has 190 valence electrons. The number of benzene rings is 3. The number of piperazine rings is 1. The van der Waals surface area contributed by atoms with E-state index >= 15 is 0 Å². The van der Waals surface area contributed by atoms with E-state index in [1.807, 2.05) is 29.2 Å². The van der Waals surface area contributed by atoms with Crippen molar-refractivity contribution in [3.63, 3.8) is 0 Å². The van der Waals surface area contributed by atoms with Gasteiger partial charge in [0.25, 0.3) is 0 Å². The summed E-state index contributed by atoms with van der Waals surface area (Å²) in [6, 6.07) is 19.6. The van der Waals surface area contributed by atoms with Crippen molar-refractivity contribution >= 4 is 30.3 Å². The minimum Gasteiger partial charge on any atom is -0.465 e. The van der Waals surface area contributed by atoms with E-state index in [-0.39, 0.29) is 29.6 Å². The zero-order valence-electron chi connectivity index (χ0n) is 20.9. The number of nitrogens with zero attached hydrogens (tertiary/aromatic N) is 2. The Morgan fingerprint density at radius 2 is 1.54 bits per heavy atom. The molecule has 1 aliphatic carbocycles. The average molecular weight is 500 g/mol. The lowest BCUT2D eigenvalue weighted by molar-refractivity contribution is 0.0601. The molecule has 2 aliphatic rings. The monoisotopic (exact) mass is 500 g/mol. The highest BCUT2D eigenvalue weighted by Crippen LogP contribution is 2.44. The fourth-order valence-electron chi connectivity index (χ4n) is 5.37. The molecule has 2 N–H and O–H groups in total. The van der Waals surface area contributed by atoms with E-state index in [4.69, 9.17) is 9.47 Å². The predicted molar refractivity (Wildman–Crippen MR) is 141 cm³/mol. The molecule has 5 rings (SSSR count). The van der Waals surface area contributed by atoms with Gasteiger partial charge in [0.15, 0.2) is 0 Å². The van der Waals surface area contributed by atoms with Crippen LogP contribution in [-0.2, 0) is 9.47 Å². The molecule has 0 unspecified atom stereocenters. The van der Waals surface area contributed by atoms with Gasteiger partial charge in [-0.2, -0.15) is 0 Å². The molecule has 0 saturated carbocycles. The third-order valence-electron chi connectivity index (χ3n) is 7.33. The summed E-state index contributed by atoms with van der Waals surface area (Å²) in [6.07, 6.45) is -0.354. The van der Waals surface area contributed by atoms with E-state index in [1.165, 1.54) is 35.4 Å². The number of fused-ring (bicyclic) bond motifs is 3. The molecule has 1 saturated heterocycles. The minimum atomic E-state index is -1.72. The molecule has 1 aliphatic heterocycles. The summed E-state index contributed by atoms with van der Waals surface area (Å²) < 4.78 is 10.6. The summed E-state index contributed by atoms with van der Waals surface area (Å²) in [6.45, 7) is 3.95. The number of rotatable bonds is 5. The number of esters is 1. The molecule has 37 heavy (non-hydrogen) atoms. The first-order valence-corrected chi connectivity index (χ1v) is 12.3. The van der Waals surface area contributed by atoms with Crippen LogP contribution in [0.2, 0.25) is 0 Å². The Kier molecular flexibility index (Phi) is 6.91. The van der Waals surface area contributed by atoms with Gasteiger partial charge in [0.1, 0.15) is 6.61 Å². The maximum Gasteiger partial charge on any atom is 0.488 e. The molecule has 0 bridgehead atoms. The molecular weight excluding hydrogens is 471 g/mol. The van der Waals surface area contributed by atoms with Gasteiger partial charge in [-0.1, -0.05) is 48.5 Å². The van der Waals surface area contributed by atoms with E-state index in [2.05, 4.69) is 24.3 Å². The molecule has 3 aromatic rings. The zero-order chi connectivity index (χ0) is 26.1. The predicted octanol–water partition coefficient (Wildman–Crippen LogP) is 2.53. The van der Waals surface area contributed by atoms with Crippen molar-refractivity contribution < 1.29 is 29.1 Å². The van der Waals surface area contributed by atoms with Crippen LogP contribution in [-0.4, -0.2) is 74.0 Å². The van der Waals surface area contributed by atoms with Crippen LogP contribution in [0.5, 0.6) is 0 Å². The van der Waals surface area contributed by atoms with E-state index in [9.17, 15) is 19.6 Å². The van der Waals surface area contributed by atoms with Crippen LogP contribution in [0, 0.1) is 6.92 Å². The third-order valence-corrected chi connectivity index (χ3v) is 7.33. The van der Waals surface area contributed by atoms with E-state index < -0.39 is 13.1 Å². The van der Waals surface area contributed by atoms with Crippen LogP contribution in [0.4, 0.5) is 10.5 Å². The van der Waals surface area contributed by atoms with Gasteiger partial charge in [-0.3, -0.25) is 0 Å². The number of hydrogen-bond donors (Lipinski definition) is 2. The van der Waals surface area contributed by atoms with Crippen molar-refractivity contribution in [2.45, 2.75) is 12.8 Å². The highest BCUT2D eigenvalue weighted by molar-refractivity contribution is 6.59. The van der Waals surface area contributed by atoms with Gasteiger partial charge in [0.05, 0.1) is 12.7 Å². The second-order valence-corrected chi connectivity index (χ2v) is 9.35. The maximum absolute atomic E-state index is 13.0. The molecule has 1 heterocycles. The lowest BCUT2D eigenvalue weighted by Crippen LogP contribution is -2.49. The Hall–Kier alpha value is -3.82. The Balaban J connectivity index is 1.25. The Morgan fingerprint density at radius 1 is 0.946 bits per heavy atom. The summed E-state index contributed by atoms with van der Waals surface area (Å²) in [5, 5.41) is 19.6. The highest BCUT2D eigenvalue weighted by atomic mass is 16.6. The van der Waals surface area contributed by atoms with Crippen molar-refractivity contribution in [3.05, 3.63) is 82.9 Å². The summed E-state index contributed by atoms with van der Waals surface area (Å²) in [4.78, 5) is 28.8. The molecule has 1 amide bonds. The second-order valence-electron chi connectivity index (χ2n) is 9.35. The molecular formula is C28H29BN2O6. The van der Waals surface area contributed by atoms with Gasteiger partial charge in [0, 0.05) is 37.8 Å². The van der Waals surface area contributed by atoms with E-state index in [0.29, 0.717) is 37.4 Å². The molecule has 8 nitrogen and oxygen atoms in total. The SMILES string of the molecule is COC(=O)c1cc(B(O)O)c(C)c(N2CCN(C(=O)OCC3c4ccccc4-c4ccccc43)CC2)c1. The van der Waals surface area contributed by atoms with Crippen LogP contribution >= 0.6 is 0 Å². The van der Waals surface area contributed by atoms with Gasteiger partial charge < -0.3 is 29.3 Å². The van der Waals surface area contributed by atoms with Crippen molar-refractivity contribution in [3.8, 4) is 11.1 Å². The van der Waals surface area contributed by atoms with Crippen molar-refractivity contribution in [2.75, 3.05) is 44.8 Å². The number of hydrogen-bond acceptors (Lipinski definition) is 7. The fraction of sp³-hybridized carbons (Fsp3) is 0.286. The summed E-state index contributed by atoms with van der Waals surface area (Å²) in [7, 11) is -0.435. The quantitative estimate of drug-likeness (QED) is 0.411. The molecule has 0 radical (unpaired) electrons. The van der Waals surface area contributed by atoms with Gasteiger partial charge in [-0.15, -0.1) is 0 Å². The second kappa shape index (κ2) is 10.3. The summed E-state index contributed by atoms with van der Waals surface area (Å²) in [5.74, 6) is -0.551. The number of ether oxygens (including phenoxy) is 2. The zero-order valence-corrected chi connectivity index (χ0v) is 20.9. The number of methoxy groups -OCH3 is 1. The Labute approximate surface area is 216 Å². The lowest BCUT2D eigenvalue weighted by atomic mass is 9.75. The van der Waals surface area contributed by atoms with Crippen molar-refractivity contribution in [1.82, 2.24) is 4.90 Å². The standard InChI is InChI=1S/C28H29BN2O6/c1-18-25(29(34)35)15-19(27(32)36-2)16-26(18)30-11-13-31(14-12-30)28(33)37-17-24-22-9-5-3-7-20(22)21-8-4-6-10-23(21)24/h3-10,15-16,24,34-35H,11-14,17H2,1-2H3. The van der Waals surface area contributed by atoms with Gasteiger partial charge >= 0.3 is 19.2 Å². The summed E-state index contributed by atoms with van der Waals surface area (Å²) in [5.41, 5.74) is 6.57. The number of anilines is 1. The average Bonchev–Trinajstić information content (AvgIpc) is 3.25. The van der Waals surface area contributed by atoms with Crippen molar-refractivity contribution in [1.29, 1.82) is 0 Å². The maximum atomic E-state index is 13.0. The minimum absolute atomic E-state index is 0.00433. The van der Waals surface area contributed by atoms with Crippen LogP contribution in [0.3, 0.4) is 0 Å². The molecule has 0 aromatic heterocycles. The molecule has 1 fully saturated rings. The number of carbonyl (C=O) groups is 2. The summed E-state index contributed by atoms with van der Waals surface area (Å²) >= 11 is 0. The smallest absolute Gasteiger partial charge is 0.465 e.